The monoisotopic (exact) mass is 252 g/mol. The zero-order chi connectivity index (χ0) is 10.1. The molecule has 0 spiro atoms. The van der Waals surface area contributed by atoms with E-state index in [4.69, 9.17) is 5.11 Å². The summed E-state index contributed by atoms with van der Waals surface area (Å²) in [4.78, 5) is 18.5. The van der Waals surface area contributed by atoms with Gasteiger partial charge in [0.1, 0.15) is 6.33 Å². The summed E-state index contributed by atoms with van der Waals surface area (Å²) in [6.07, 6.45) is 1.25. The van der Waals surface area contributed by atoms with Crippen LogP contribution in [-0.4, -0.2) is 21.0 Å². The van der Waals surface area contributed by atoms with Crippen LogP contribution < -0.4 is 0 Å². The molecule has 0 unspecified atom stereocenters. The maximum atomic E-state index is 10.8. The van der Waals surface area contributed by atoms with Crippen molar-refractivity contribution in [3.8, 4) is 0 Å². The van der Waals surface area contributed by atoms with E-state index in [9.17, 15) is 4.79 Å². The third kappa shape index (κ3) is 1.46. The molecule has 1 N–H and O–H groups in total. The van der Waals surface area contributed by atoms with Crippen molar-refractivity contribution in [1.82, 2.24) is 9.97 Å². The maximum Gasteiger partial charge on any atom is 0.355 e. The molecule has 14 heavy (non-hydrogen) atoms. The van der Waals surface area contributed by atoms with Crippen LogP contribution in [0.25, 0.3) is 10.9 Å². The lowest BCUT2D eigenvalue weighted by atomic mass is 10.2. The molecule has 0 saturated heterocycles. The second kappa shape index (κ2) is 3.34. The van der Waals surface area contributed by atoms with Gasteiger partial charge in [0.2, 0.25) is 0 Å². The number of nitrogens with zero attached hydrogens (tertiary/aromatic N) is 2. The summed E-state index contributed by atoms with van der Waals surface area (Å²) >= 11 is 3.29. The van der Waals surface area contributed by atoms with Crippen molar-refractivity contribution in [3.05, 3.63) is 34.7 Å². The molecule has 2 rings (SSSR count). The Morgan fingerprint density at radius 2 is 2.14 bits per heavy atom. The summed E-state index contributed by atoms with van der Waals surface area (Å²) in [6.45, 7) is 0. The minimum atomic E-state index is -1.04. The Hall–Kier alpha value is -1.49. The Labute approximate surface area is 87.7 Å². The van der Waals surface area contributed by atoms with Gasteiger partial charge in [0.15, 0.2) is 5.69 Å². The molecule has 0 atom stereocenters. The zero-order valence-corrected chi connectivity index (χ0v) is 8.52. The summed E-state index contributed by atoms with van der Waals surface area (Å²) in [5.74, 6) is -1.04. The number of benzene rings is 1. The molecule has 70 valence electrons. The van der Waals surface area contributed by atoms with Crippen LogP contribution in [0, 0.1) is 0 Å². The van der Waals surface area contributed by atoms with E-state index in [0.29, 0.717) is 10.9 Å². The Morgan fingerprint density at radius 1 is 1.36 bits per heavy atom. The number of aromatic carboxylic acids is 1. The molecule has 2 aromatic rings. The molecular formula is C9H5BrN2O2. The van der Waals surface area contributed by atoms with Gasteiger partial charge in [-0.3, -0.25) is 0 Å². The summed E-state index contributed by atoms with van der Waals surface area (Å²) in [6, 6.07) is 5.20. The van der Waals surface area contributed by atoms with Crippen LogP contribution >= 0.6 is 15.9 Å². The molecule has 4 nitrogen and oxygen atoms in total. The highest BCUT2D eigenvalue weighted by molar-refractivity contribution is 9.10. The fourth-order valence-corrected chi connectivity index (χ4v) is 1.55. The van der Waals surface area contributed by atoms with Crippen LogP contribution in [0.15, 0.2) is 29.0 Å². The summed E-state index contributed by atoms with van der Waals surface area (Å²) < 4.78 is 0.861. The largest absolute Gasteiger partial charge is 0.476 e. The second-order valence-electron chi connectivity index (χ2n) is 2.69. The number of hydrogen-bond acceptors (Lipinski definition) is 3. The van der Waals surface area contributed by atoms with Crippen molar-refractivity contribution in [3.63, 3.8) is 0 Å². The molecule has 0 fully saturated rings. The number of halogens is 1. The lowest BCUT2D eigenvalue weighted by Crippen LogP contribution is -2.01. The zero-order valence-electron chi connectivity index (χ0n) is 6.94. The quantitative estimate of drug-likeness (QED) is 0.845. The molecular weight excluding hydrogens is 248 g/mol. The number of hydrogen-bond donors (Lipinski definition) is 1. The van der Waals surface area contributed by atoms with Gasteiger partial charge in [-0.2, -0.15) is 0 Å². The molecule has 0 saturated carbocycles. The number of aromatic nitrogens is 2. The Balaban J connectivity index is 2.81. The summed E-state index contributed by atoms with van der Waals surface area (Å²) in [5, 5.41) is 9.39. The van der Waals surface area contributed by atoms with Crippen LogP contribution in [0.4, 0.5) is 0 Å². The highest BCUT2D eigenvalue weighted by Crippen LogP contribution is 2.19. The molecule has 0 radical (unpaired) electrons. The van der Waals surface area contributed by atoms with E-state index in [2.05, 4.69) is 25.9 Å². The van der Waals surface area contributed by atoms with Crippen LogP contribution in [-0.2, 0) is 0 Å². The van der Waals surface area contributed by atoms with Crippen LogP contribution in [0.2, 0.25) is 0 Å². The van der Waals surface area contributed by atoms with Crippen molar-refractivity contribution in [2.24, 2.45) is 0 Å². The summed E-state index contributed by atoms with van der Waals surface area (Å²) in [7, 11) is 0. The number of rotatable bonds is 1. The molecule has 0 amide bonds. The molecule has 0 aliphatic rings. The van der Waals surface area contributed by atoms with Gasteiger partial charge >= 0.3 is 5.97 Å². The van der Waals surface area contributed by atoms with E-state index in [1.807, 2.05) is 0 Å². The SMILES string of the molecule is O=C(O)c1ncnc2cc(Br)ccc12. The molecule has 1 aromatic carbocycles. The predicted molar refractivity (Wildman–Crippen MR) is 54.2 cm³/mol. The van der Waals surface area contributed by atoms with Crippen molar-refractivity contribution >= 4 is 32.8 Å². The van der Waals surface area contributed by atoms with Crippen LogP contribution in [0.3, 0.4) is 0 Å². The minimum Gasteiger partial charge on any atom is -0.476 e. The fraction of sp³-hybridized carbons (Fsp3) is 0. The lowest BCUT2D eigenvalue weighted by molar-refractivity contribution is 0.0692. The number of fused-ring (bicyclic) bond motifs is 1. The fourth-order valence-electron chi connectivity index (χ4n) is 1.20. The van der Waals surface area contributed by atoms with Gasteiger partial charge in [-0.05, 0) is 18.2 Å². The Kier molecular flexibility index (Phi) is 2.17. The van der Waals surface area contributed by atoms with Gasteiger partial charge < -0.3 is 5.11 Å². The highest BCUT2D eigenvalue weighted by Gasteiger charge is 2.09. The normalized spacial score (nSPS) is 10.4. The van der Waals surface area contributed by atoms with Crippen LogP contribution in [0.1, 0.15) is 10.5 Å². The number of carboxylic acids is 1. The van der Waals surface area contributed by atoms with E-state index >= 15 is 0 Å². The smallest absolute Gasteiger partial charge is 0.355 e. The molecule has 0 bridgehead atoms. The van der Waals surface area contributed by atoms with Crippen LogP contribution in [0.5, 0.6) is 0 Å². The first-order chi connectivity index (χ1) is 6.68. The standard InChI is InChI=1S/C9H5BrN2O2/c10-5-1-2-6-7(3-5)11-4-12-8(6)9(13)14/h1-4H,(H,13,14). The molecule has 5 heteroatoms. The average Bonchev–Trinajstić information content (AvgIpc) is 2.16. The van der Waals surface area contributed by atoms with Gasteiger partial charge in [0.25, 0.3) is 0 Å². The number of carboxylic acid groups (broad SMARTS) is 1. The second-order valence-corrected chi connectivity index (χ2v) is 3.60. The third-order valence-electron chi connectivity index (χ3n) is 1.80. The van der Waals surface area contributed by atoms with Crippen molar-refractivity contribution in [2.75, 3.05) is 0 Å². The summed E-state index contributed by atoms with van der Waals surface area (Å²) in [5.41, 5.74) is 0.647. The van der Waals surface area contributed by atoms with E-state index in [1.165, 1.54) is 6.33 Å². The molecule has 0 aliphatic carbocycles. The van der Waals surface area contributed by atoms with E-state index in [0.717, 1.165) is 4.47 Å². The predicted octanol–water partition coefficient (Wildman–Crippen LogP) is 2.09. The Bertz CT molecular complexity index is 513. The average molecular weight is 253 g/mol. The van der Waals surface area contributed by atoms with Crippen molar-refractivity contribution in [1.29, 1.82) is 0 Å². The third-order valence-corrected chi connectivity index (χ3v) is 2.29. The van der Waals surface area contributed by atoms with E-state index in [1.54, 1.807) is 18.2 Å². The highest BCUT2D eigenvalue weighted by atomic mass is 79.9. The Morgan fingerprint density at radius 3 is 2.86 bits per heavy atom. The first kappa shape index (κ1) is 9.08. The molecule has 1 heterocycles. The van der Waals surface area contributed by atoms with Crippen molar-refractivity contribution in [2.45, 2.75) is 0 Å². The van der Waals surface area contributed by atoms with E-state index in [-0.39, 0.29) is 5.69 Å². The topological polar surface area (TPSA) is 63.1 Å². The lowest BCUT2D eigenvalue weighted by Gasteiger charge is -2.00. The van der Waals surface area contributed by atoms with Crippen molar-refractivity contribution < 1.29 is 9.90 Å². The molecule has 1 aromatic heterocycles. The van der Waals surface area contributed by atoms with E-state index < -0.39 is 5.97 Å². The maximum absolute atomic E-state index is 10.8. The number of carbonyl (C=O) groups is 1. The van der Waals surface area contributed by atoms with Gasteiger partial charge in [-0.25, -0.2) is 14.8 Å². The van der Waals surface area contributed by atoms with Gasteiger partial charge in [-0.15, -0.1) is 0 Å². The van der Waals surface area contributed by atoms with Gasteiger partial charge in [-0.1, -0.05) is 15.9 Å². The van der Waals surface area contributed by atoms with Gasteiger partial charge in [0.05, 0.1) is 5.52 Å². The molecule has 0 aliphatic heterocycles. The first-order valence-corrected chi connectivity index (χ1v) is 4.61. The first-order valence-electron chi connectivity index (χ1n) is 3.82. The van der Waals surface area contributed by atoms with Gasteiger partial charge in [0, 0.05) is 9.86 Å². The minimum absolute atomic E-state index is 0.0301.